The first-order chi connectivity index (χ1) is 11.0. The van der Waals surface area contributed by atoms with E-state index >= 15 is 0 Å². The van der Waals surface area contributed by atoms with Crippen molar-refractivity contribution in [3.63, 3.8) is 0 Å². The zero-order valence-electron chi connectivity index (χ0n) is 11.7. The summed E-state index contributed by atoms with van der Waals surface area (Å²) in [7, 11) is 0. The lowest BCUT2D eigenvalue weighted by Gasteiger charge is -2.07. The Morgan fingerprint density at radius 1 is 0.913 bits per heavy atom. The third-order valence-corrected chi connectivity index (χ3v) is 3.51. The van der Waals surface area contributed by atoms with Crippen molar-refractivity contribution < 1.29 is 13.2 Å². The van der Waals surface area contributed by atoms with Crippen molar-refractivity contribution in [2.75, 3.05) is 0 Å². The second-order valence-corrected chi connectivity index (χ2v) is 5.37. The Hall–Kier alpha value is -2.40. The van der Waals surface area contributed by atoms with Crippen LogP contribution in [0.3, 0.4) is 0 Å². The van der Waals surface area contributed by atoms with Crippen molar-refractivity contribution in [2.45, 2.75) is 6.42 Å². The highest BCUT2D eigenvalue weighted by molar-refractivity contribution is 6.30. The Balaban J connectivity index is 1.92. The van der Waals surface area contributed by atoms with Crippen LogP contribution in [0.5, 0.6) is 0 Å². The van der Waals surface area contributed by atoms with E-state index in [0.29, 0.717) is 10.8 Å². The van der Waals surface area contributed by atoms with Crippen LogP contribution in [-0.2, 0) is 6.42 Å². The molecule has 0 spiro atoms. The Bertz CT molecular complexity index is 851. The smallest absolute Gasteiger partial charge is 0.194 e. The number of halogens is 4. The van der Waals surface area contributed by atoms with Crippen LogP contribution in [0.4, 0.5) is 13.2 Å². The molecule has 6 heteroatoms. The summed E-state index contributed by atoms with van der Waals surface area (Å²) >= 11 is 5.75. The largest absolute Gasteiger partial charge is 0.235 e. The first-order valence-corrected chi connectivity index (χ1v) is 7.11. The number of hydrogen-bond acceptors (Lipinski definition) is 2. The van der Waals surface area contributed by atoms with E-state index in [-0.39, 0.29) is 12.0 Å². The summed E-state index contributed by atoms with van der Waals surface area (Å²) in [6.45, 7) is 0. The van der Waals surface area contributed by atoms with Gasteiger partial charge in [-0.25, -0.2) is 23.1 Å². The van der Waals surface area contributed by atoms with Crippen LogP contribution < -0.4 is 0 Å². The van der Waals surface area contributed by atoms with Gasteiger partial charge >= 0.3 is 0 Å². The number of rotatable bonds is 3. The van der Waals surface area contributed by atoms with E-state index in [1.165, 1.54) is 18.5 Å². The second-order valence-electron chi connectivity index (χ2n) is 4.94. The number of nitrogens with zero attached hydrogens (tertiary/aromatic N) is 2. The molecule has 0 radical (unpaired) electrons. The molecule has 23 heavy (non-hydrogen) atoms. The van der Waals surface area contributed by atoms with Crippen LogP contribution in [0.1, 0.15) is 11.1 Å². The van der Waals surface area contributed by atoms with E-state index in [1.54, 1.807) is 24.3 Å². The monoisotopic (exact) mass is 334 g/mol. The van der Waals surface area contributed by atoms with E-state index in [2.05, 4.69) is 9.97 Å². The van der Waals surface area contributed by atoms with Gasteiger partial charge in [-0.1, -0.05) is 35.9 Å². The van der Waals surface area contributed by atoms with Crippen LogP contribution in [0.2, 0.25) is 5.02 Å². The first-order valence-electron chi connectivity index (χ1n) is 6.74. The minimum atomic E-state index is -1.46. The average molecular weight is 335 g/mol. The third kappa shape index (κ3) is 3.35. The molecule has 0 aliphatic rings. The molecule has 0 N–H and O–H groups in total. The lowest BCUT2D eigenvalue weighted by atomic mass is 10.0. The van der Waals surface area contributed by atoms with Crippen molar-refractivity contribution in [3.05, 3.63) is 82.4 Å². The zero-order valence-corrected chi connectivity index (χ0v) is 12.5. The van der Waals surface area contributed by atoms with Gasteiger partial charge in [0.15, 0.2) is 23.3 Å². The normalized spacial score (nSPS) is 10.8. The molecule has 116 valence electrons. The van der Waals surface area contributed by atoms with Crippen molar-refractivity contribution in [2.24, 2.45) is 0 Å². The van der Waals surface area contributed by atoms with Gasteiger partial charge in [0.2, 0.25) is 0 Å². The van der Waals surface area contributed by atoms with Crippen LogP contribution in [-0.4, -0.2) is 9.97 Å². The first kappa shape index (κ1) is 15.5. The Morgan fingerprint density at radius 3 is 2.39 bits per heavy atom. The third-order valence-electron chi connectivity index (χ3n) is 3.32. The average Bonchev–Trinajstić information content (AvgIpc) is 2.56. The highest BCUT2D eigenvalue weighted by atomic mass is 35.5. The van der Waals surface area contributed by atoms with Gasteiger partial charge < -0.3 is 0 Å². The summed E-state index contributed by atoms with van der Waals surface area (Å²) in [5.74, 6) is -3.35. The molecule has 0 amide bonds. The van der Waals surface area contributed by atoms with Gasteiger partial charge in [0.25, 0.3) is 0 Å². The van der Waals surface area contributed by atoms with Gasteiger partial charge in [0.05, 0.1) is 5.02 Å². The fourth-order valence-electron chi connectivity index (χ4n) is 2.20. The second kappa shape index (κ2) is 6.38. The van der Waals surface area contributed by atoms with Crippen LogP contribution in [0.15, 0.2) is 48.8 Å². The molecule has 3 rings (SSSR count). The predicted molar refractivity (Wildman–Crippen MR) is 81.6 cm³/mol. The maximum atomic E-state index is 13.8. The van der Waals surface area contributed by atoms with Gasteiger partial charge in [-0.3, -0.25) is 0 Å². The SMILES string of the molecule is Fc1ccc(Cc2cccc(-c3ncc(Cl)cn3)c2)c(F)c1F. The summed E-state index contributed by atoms with van der Waals surface area (Å²) in [5.41, 5.74) is 1.53. The van der Waals surface area contributed by atoms with Crippen molar-refractivity contribution in [1.29, 1.82) is 0 Å². The highest BCUT2D eigenvalue weighted by Crippen LogP contribution is 2.22. The van der Waals surface area contributed by atoms with Crippen LogP contribution >= 0.6 is 11.6 Å². The lowest BCUT2D eigenvalue weighted by molar-refractivity contribution is 0.442. The lowest BCUT2D eigenvalue weighted by Crippen LogP contribution is -1.99. The molecule has 0 bridgehead atoms. The summed E-state index contributed by atoms with van der Waals surface area (Å²) in [6.07, 6.45) is 3.08. The minimum Gasteiger partial charge on any atom is -0.235 e. The standard InChI is InChI=1S/C17H10ClF3N2/c18-13-8-22-17(23-9-13)12-3-1-2-10(7-12)6-11-4-5-14(19)16(21)15(11)20/h1-5,7-9H,6H2. The van der Waals surface area contributed by atoms with E-state index in [4.69, 9.17) is 11.6 Å². The molecule has 2 nitrogen and oxygen atoms in total. The maximum absolute atomic E-state index is 13.8. The molecule has 0 aliphatic carbocycles. The molecule has 0 atom stereocenters. The van der Waals surface area contributed by atoms with Gasteiger partial charge in [-0.2, -0.15) is 0 Å². The molecule has 2 aromatic carbocycles. The van der Waals surface area contributed by atoms with Crippen LogP contribution in [0.25, 0.3) is 11.4 Å². The van der Waals surface area contributed by atoms with E-state index < -0.39 is 17.5 Å². The topological polar surface area (TPSA) is 25.8 Å². The molecule has 0 saturated heterocycles. The van der Waals surface area contributed by atoms with Gasteiger partial charge in [0, 0.05) is 24.4 Å². The van der Waals surface area contributed by atoms with Gasteiger partial charge in [-0.15, -0.1) is 0 Å². The number of aromatic nitrogens is 2. The number of hydrogen-bond donors (Lipinski definition) is 0. The predicted octanol–water partition coefficient (Wildman–Crippen LogP) is 4.81. The molecular weight excluding hydrogens is 325 g/mol. The molecule has 0 saturated carbocycles. The molecule has 3 aromatic rings. The number of benzene rings is 2. The Labute approximate surface area is 135 Å². The summed E-state index contributed by atoms with van der Waals surface area (Å²) in [6, 6.07) is 9.25. The summed E-state index contributed by atoms with van der Waals surface area (Å²) < 4.78 is 40.0. The minimum absolute atomic E-state index is 0.0816. The summed E-state index contributed by atoms with van der Waals surface area (Å²) in [5, 5.41) is 0.425. The van der Waals surface area contributed by atoms with E-state index in [1.807, 2.05) is 0 Å². The highest BCUT2D eigenvalue weighted by Gasteiger charge is 2.14. The zero-order chi connectivity index (χ0) is 16.4. The van der Waals surface area contributed by atoms with Crippen molar-refractivity contribution in [3.8, 4) is 11.4 Å². The fourth-order valence-corrected chi connectivity index (χ4v) is 2.30. The van der Waals surface area contributed by atoms with Crippen LogP contribution in [0, 0.1) is 17.5 Å². The molecule has 0 unspecified atom stereocenters. The van der Waals surface area contributed by atoms with Crippen molar-refractivity contribution in [1.82, 2.24) is 9.97 Å². The molecule has 1 heterocycles. The van der Waals surface area contributed by atoms with E-state index in [0.717, 1.165) is 17.2 Å². The van der Waals surface area contributed by atoms with Crippen molar-refractivity contribution >= 4 is 11.6 Å². The fraction of sp³-hybridized carbons (Fsp3) is 0.0588. The molecule has 0 aliphatic heterocycles. The Morgan fingerprint density at radius 2 is 1.65 bits per heavy atom. The molecule has 1 aromatic heterocycles. The van der Waals surface area contributed by atoms with E-state index in [9.17, 15) is 13.2 Å². The molecular formula is C17H10ClF3N2. The van der Waals surface area contributed by atoms with Gasteiger partial charge in [0.1, 0.15) is 0 Å². The van der Waals surface area contributed by atoms with Gasteiger partial charge in [-0.05, 0) is 23.3 Å². The summed E-state index contributed by atoms with van der Waals surface area (Å²) in [4.78, 5) is 8.23. The molecule has 0 fully saturated rings. The Kier molecular flexibility index (Phi) is 4.30. The quantitative estimate of drug-likeness (QED) is 0.643. The maximum Gasteiger partial charge on any atom is 0.194 e.